The van der Waals surface area contributed by atoms with Gasteiger partial charge in [-0.1, -0.05) is 24.3 Å². The van der Waals surface area contributed by atoms with Crippen molar-refractivity contribution in [2.75, 3.05) is 5.73 Å². The summed E-state index contributed by atoms with van der Waals surface area (Å²) in [4.78, 5) is 0. The molecule has 0 amide bonds. The van der Waals surface area contributed by atoms with Gasteiger partial charge < -0.3 is 20.5 Å². The minimum absolute atomic E-state index is 0.221. The number of ether oxygens (including phenoxy) is 1. The Labute approximate surface area is 183 Å². The van der Waals surface area contributed by atoms with Crippen LogP contribution in [0.25, 0.3) is 27.7 Å². The molecule has 0 unspecified atom stereocenters. The fourth-order valence-corrected chi connectivity index (χ4v) is 3.57. The second-order valence-electron chi connectivity index (χ2n) is 7.18. The standard InChI is InChI=1S/C23H18BN5O3/c25-20-14-26-28-21-11-15(7-8-17(20)21)18-12-19(24(30)31)23(32-16-5-2-1-3-6-16)13-22(18)29-10-4-9-27-29/h1-14,30-31H,(H2,25,28). The molecule has 0 radical (unpaired) electrons. The van der Waals surface area contributed by atoms with E-state index >= 15 is 0 Å². The number of hydrogen-bond donors (Lipinski definition) is 3. The first kappa shape index (κ1) is 19.7. The monoisotopic (exact) mass is 423 g/mol. The van der Waals surface area contributed by atoms with E-state index in [1.54, 1.807) is 41.3 Å². The van der Waals surface area contributed by atoms with Crippen molar-refractivity contribution >= 4 is 29.2 Å². The number of nitrogen functional groups attached to an aromatic ring is 1. The van der Waals surface area contributed by atoms with Gasteiger partial charge in [0.15, 0.2) is 0 Å². The fraction of sp³-hybridized carbons (Fsp3) is 0. The zero-order chi connectivity index (χ0) is 22.1. The molecule has 0 fully saturated rings. The van der Waals surface area contributed by atoms with Gasteiger partial charge in [-0.15, -0.1) is 0 Å². The van der Waals surface area contributed by atoms with E-state index in [-0.39, 0.29) is 5.46 Å². The number of benzene rings is 3. The van der Waals surface area contributed by atoms with Crippen LogP contribution in [0.4, 0.5) is 5.69 Å². The highest BCUT2D eigenvalue weighted by atomic mass is 16.5. The Morgan fingerprint density at radius 3 is 2.56 bits per heavy atom. The van der Waals surface area contributed by atoms with Gasteiger partial charge in [0.25, 0.3) is 0 Å². The molecule has 0 aliphatic rings. The maximum atomic E-state index is 10.1. The van der Waals surface area contributed by atoms with Gasteiger partial charge in [0, 0.05) is 34.9 Å². The normalized spacial score (nSPS) is 10.9. The summed E-state index contributed by atoms with van der Waals surface area (Å²) in [5, 5.41) is 33.5. The molecule has 5 aromatic rings. The van der Waals surface area contributed by atoms with Crippen LogP contribution in [0.5, 0.6) is 11.5 Å². The zero-order valence-electron chi connectivity index (χ0n) is 16.8. The lowest BCUT2D eigenvalue weighted by atomic mass is 9.77. The molecule has 0 bridgehead atoms. The molecule has 0 saturated heterocycles. The second-order valence-corrected chi connectivity index (χ2v) is 7.18. The molecule has 9 heteroatoms. The molecular weight excluding hydrogens is 405 g/mol. The third-order valence-corrected chi connectivity index (χ3v) is 5.11. The van der Waals surface area contributed by atoms with Crippen LogP contribution in [0.3, 0.4) is 0 Å². The molecular formula is C23H18BN5O3. The van der Waals surface area contributed by atoms with Crippen LogP contribution in [-0.2, 0) is 0 Å². The molecule has 0 spiro atoms. The summed E-state index contributed by atoms with van der Waals surface area (Å²) in [5.41, 5.74) is 9.59. The molecule has 3 aromatic carbocycles. The third kappa shape index (κ3) is 3.66. The first-order valence-electron chi connectivity index (χ1n) is 9.88. The average molecular weight is 423 g/mol. The second kappa shape index (κ2) is 8.14. The third-order valence-electron chi connectivity index (χ3n) is 5.11. The van der Waals surface area contributed by atoms with Gasteiger partial charge in [-0.05, 0) is 42.0 Å². The van der Waals surface area contributed by atoms with Crippen LogP contribution >= 0.6 is 0 Å². The first-order valence-corrected chi connectivity index (χ1v) is 9.88. The van der Waals surface area contributed by atoms with Crippen molar-refractivity contribution in [3.05, 3.63) is 85.3 Å². The van der Waals surface area contributed by atoms with Crippen LogP contribution in [-0.4, -0.2) is 37.1 Å². The molecule has 8 nitrogen and oxygen atoms in total. The number of fused-ring (bicyclic) bond motifs is 1. The van der Waals surface area contributed by atoms with E-state index in [9.17, 15) is 10.0 Å². The summed E-state index contributed by atoms with van der Waals surface area (Å²) in [5.74, 6) is 0.885. The summed E-state index contributed by atoms with van der Waals surface area (Å²) in [6.45, 7) is 0. The van der Waals surface area contributed by atoms with Crippen LogP contribution < -0.4 is 15.9 Å². The van der Waals surface area contributed by atoms with E-state index in [0.717, 1.165) is 10.9 Å². The molecule has 0 aliphatic carbocycles. The molecule has 0 aliphatic heterocycles. The Kier molecular flexibility index (Phi) is 5.02. The summed E-state index contributed by atoms with van der Waals surface area (Å²) in [7, 11) is -1.74. The minimum atomic E-state index is -1.74. The molecule has 32 heavy (non-hydrogen) atoms. The van der Waals surface area contributed by atoms with E-state index in [4.69, 9.17) is 10.5 Å². The van der Waals surface area contributed by atoms with Gasteiger partial charge in [-0.3, -0.25) is 0 Å². The molecule has 0 saturated carbocycles. The van der Waals surface area contributed by atoms with Crippen molar-refractivity contribution in [1.29, 1.82) is 0 Å². The number of anilines is 1. The Hall–Kier alpha value is -4.21. The van der Waals surface area contributed by atoms with Gasteiger partial charge in [0.1, 0.15) is 11.5 Å². The van der Waals surface area contributed by atoms with E-state index < -0.39 is 7.12 Å². The number of aromatic nitrogens is 4. The largest absolute Gasteiger partial charge is 0.492 e. The smallest absolute Gasteiger partial charge is 0.458 e. The fourth-order valence-electron chi connectivity index (χ4n) is 3.57. The Morgan fingerprint density at radius 2 is 1.81 bits per heavy atom. The lowest BCUT2D eigenvalue weighted by Gasteiger charge is -2.17. The highest BCUT2D eigenvalue weighted by Gasteiger charge is 2.23. The highest BCUT2D eigenvalue weighted by molar-refractivity contribution is 6.60. The van der Waals surface area contributed by atoms with Crippen LogP contribution in [0, 0.1) is 0 Å². The number of para-hydroxylation sites is 1. The highest BCUT2D eigenvalue weighted by Crippen LogP contribution is 2.33. The van der Waals surface area contributed by atoms with Crippen molar-refractivity contribution in [3.63, 3.8) is 0 Å². The van der Waals surface area contributed by atoms with E-state index in [1.807, 2.05) is 42.5 Å². The molecule has 2 aromatic heterocycles. The molecule has 156 valence electrons. The topological polar surface area (TPSA) is 119 Å². The predicted molar refractivity (Wildman–Crippen MR) is 123 cm³/mol. The van der Waals surface area contributed by atoms with E-state index in [0.29, 0.717) is 34.0 Å². The van der Waals surface area contributed by atoms with Crippen molar-refractivity contribution in [3.8, 4) is 28.3 Å². The summed E-state index contributed by atoms with van der Waals surface area (Å²) >= 11 is 0. The summed E-state index contributed by atoms with van der Waals surface area (Å²) in [6, 6.07) is 20.0. The van der Waals surface area contributed by atoms with Gasteiger partial charge in [-0.25, -0.2) is 4.68 Å². The van der Waals surface area contributed by atoms with E-state index in [2.05, 4.69) is 15.3 Å². The first-order chi connectivity index (χ1) is 15.6. The van der Waals surface area contributed by atoms with Crippen molar-refractivity contribution in [1.82, 2.24) is 20.0 Å². The van der Waals surface area contributed by atoms with Gasteiger partial charge in [0.2, 0.25) is 0 Å². The molecule has 0 atom stereocenters. The number of nitrogens with zero attached hydrogens (tertiary/aromatic N) is 4. The van der Waals surface area contributed by atoms with Gasteiger partial charge in [-0.2, -0.15) is 15.3 Å². The lowest BCUT2D eigenvalue weighted by Crippen LogP contribution is -2.31. The molecule has 2 heterocycles. The lowest BCUT2D eigenvalue weighted by molar-refractivity contribution is 0.420. The minimum Gasteiger partial charge on any atom is -0.458 e. The van der Waals surface area contributed by atoms with E-state index in [1.165, 1.54) is 6.20 Å². The number of hydrogen-bond acceptors (Lipinski definition) is 7. The Bertz CT molecular complexity index is 1390. The predicted octanol–water partition coefficient (Wildman–Crippen LogP) is 2.54. The number of nitrogens with two attached hydrogens (primary N) is 1. The van der Waals surface area contributed by atoms with Crippen LogP contribution in [0.15, 0.2) is 85.3 Å². The van der Waals surface area contributed by atoms with Crippen molar-refractivity contribution in [2.45, 2.75) is 0 Å². The quantitative estimate of drug-likeness (QED) is 0.372. The Morgan fingerprint density at radius 1 is 0.969 bits per heavy atom. The van der Waals surface area contributed by atoms with Crippen LogP contribution in [0.1, 0.15) is 0 Å². The van der Waals surface area contributed by atoms with Crippen molar-refractivity contribution < 1.29 is 14.8 Å². The van der Waals surface area contributed by atoms with Gasteiger partial charge in [0.05, 0.1) is 23.1 Å². The average Bonchev–Trinajstić information content (AvgIpc) is 3.34. The number of rotatable bonds is 5. The Balaban J connectivity index is 1.72. The maximum Gasteiger partial charge on any atom is 0.492 e. The zero-order valence-corrected chi connectivity index (χ0v) is 16.8. The summed E-state index contributed by atoms with van der Waals surface area (Å²) in [6.07, 6.45) is 4.98. The molecule has 5 rings (SSSR count). The SMILES string of the molecule is Nc1cnnc2cc(-c3cc(B(O)O)c(Oc4ccccc4)cc3-n3cccn3)ccc12. The maximum absolute atomic E-state index is 10.1. The van der Waals surface area contributed by atoms with Gasteiger partial charge >= 0.3 is 7.12 Å². The molecule has 4 N–H and O–H groups in total. The van der Waals surface area contributed by atoms with Crippen LogP contribution in [0.2, 0.25) is 0 Å². The summed E-state index contributed by atoms with van der Waals surface area (Å²) < 4.78 is 7.68. The van der Waals surface area contributed by atoms with Crippen molar-refractivity contribution in [2.24, 2.45) is 0 Å².